The van der Waals surface area contributed by atoms with Crippen LogP contribution in [0.4, 0.5) is 13.2 Å². The van der Waals surface area contributed by atoms with Crippen molar-refractivity contribution >= 4 is 10.0 Å². The molecule has 0 saturated carbocycles. The fourth-order valence-electron chi connectivity index (χ4n) is 2.52. The highest BCUT2D eigenvalue weighted by Gasteiger charge is 2.33. The first-order chi connectivity index (χ1) is 12.1. The molecule has 0 aliphatic rings. The number of aliphatic hydroxyl groups excluding tert-OH is 1. The number of hydrogen-bond donors (Lipinski definition) is 2. The van der Waals surface area contributed by atoms with Crippen molar-refractivity contribution in [3.63, 3.8) is 0 Å². The topological polar surface area (TPSA) is 66.4 Å². The van der Waals surface area contributed by atoms with E-state index in [-0.39, 0.29) is 23.4 Å². The van der Waals surface area contributed by atoms with Crippen molar-refractivity contribution in [2.24, 2.45) is 5.92 Å². The fourth-order valence-corrected chi connectivity index (χ4v) is 3.63. The minimum atomic E-state index is -4.50. The number of aryl methyl sites for hydroxylation is 1. The predicted octanol–water partition coefficient (Wildman–Crippen LogP) is 3.14. The third-order valence-corrected chi connectivity index (χ3v) is 5.42. The Morgan fingerprint density at radius 3 is 2.27 bits per heavy atom. The van der Waals surface area contributed by atoms with Crippen LogP contribution in [-0.2, 0) is 22.6 Å². The van der Waals surface area contributed by atoms with Crippen LogP contribution in [0.2, 0.25) is 0 Å². The lowest BCUT2D eigenvalue weighted by Gasteiger charge is -2.18. The number of sulfonamides is 1. The van der Waals surface area contributed by atoms with Gasteiger partial charge in [0.1, 0.15) is 0 Å². The van der Waals surface area contributed by atoms with E-state index in [1.807, 2.05) is 6.92 Å². The minimum Gasteiger partial charge on any atom is -0.396 e. The lowest BCUT2D eigenvalue weighted by atomic mass is 9.96. The summed E-state index contributed by atoms with van der Waals surface area (Å²) in [6.07, 6.45) is -4.60. The van der Waals surface area contributed by atoms with Gasteiger partial charge < -0.3 is 5.11 Å². The maximum absolute atomic E-state index is 13.1. The molecule has 2 rings (SSSR count). The van der Waals surface area contributed by atoms with Crippen molar-refractivity contribution in [1.82, 2.24) is 4.72 Å². The Hall–Kier alpha value is -1.90. The molecular weight excluding hydrogens is 367 g/mol. The van der Waals surface area contributed by atoms with Crippen molar-refractivity contribution in [1.29, 1.82) is 0 Å². The largest absolute Gasteiger partial charge is 0.416 e. The smallest absolute Gasteiger partial charge is 0.396 e. The average molecular weight is 387 g/mol. The molecule has 0 spiro atoms. The number of halogens is 3. The van der Waals surface area contributed by atoms with E-state index < -0.39 is 34.3 Å². The monoisotopic (exact) mass is 387 g/mol. The molecule has 8 heteroatoms. The second-order valence-corrected chi connectivity index (χ2v) is 7.84. The van der Waals surface area contributed by atoms with Crippen molar-refractivity contribution < 1.29 is 26.7 Å². The van der Waals surface area contributed by atoms with Gasteiger partial charge in [0, 0.05) is 13.2 Å². The Morgan fingerprint density at radius 1 is 1.08 bits per heavy atom. The highest BCUT2D eigenvalue weighted by atomic mass is 32.2. The van der Waals surface area contributed by atoms with E-state index in [9.17, 15) is 26.7 Å². The quantitative estimate of drug-likeness (QED) is 0.767. The Balaban J connectivity index is 2.10. The first-order valence-electron chi connectivity index (χ1n) is 7.96. The standard InChI is InChI=1S/C18H20F3NO3S/c1-13-6-8-16(9-7-13)26(24,25)22-11-14(12-23)10-15-4-2-3-5-17(15)18(19,20)21/h2-9,14,22-23H,10-12H2,1H3/t14-/m1/s1. The summed E-state index contributed by atoms with van der Waals surface area (Å²) in [6.45, 7) is 1.21. The molecule has 0 fully saturated rings. The summed E-state index contributed by atoms with van der Waals surface area (Å²) in [4.78, 5) is 0.0653. The molecule has 0 bridgehead atoms. The highest BCUT2D eigenvalue weighted by Crippen LogP contribution is 2.32. The Bertz CT molecular complexity index is 834. The third-order valence-electron chi connectivity index (χ3n) is 3.98. The molecule has 0 aliphatic heterocycles. The van der Waals surface area contributed by atoms with Gasteiger partial charge in [0.15, 0.2) is 0 Å². The van der Waals surface area contributed by atoms with Crippen LogP contribution in [0.25, 0.3) is 0 Å². The van der Waals surface area contributed by atoms with Gasteiger partial charge in [-0.3, -0.25) is 0 Å². The summed E-state index contributed by atoms with van der Waals surface area (Å²) < 4.78 is 66.1. The first-order valence-corrected chi connectivity index (χ1v) is 9.44. The van der Waals surface area contributed by atoms with Crippen LogP contribution in [0.3, 0.4) is 0 Å². The summed E-state index contributed by atoms with van der Waals surface area (Å²) in [5.41, 5.74) is 0.148. The number of nitrogens with one attached hydrogen (secondary N) is 1. The highest BCUT2D eigenvalue weighted by molar-refractivity contribution is 7.89. The minimum absolute atomic E-state index is 0.0218. The van der Waals surface area contributed by atoms with Gasteiger partial charge in [-0.25, -0.2) is 13.1 Å². The molecule has 142 valence electrons. The van der Waals surface area contributed by atoms with Gasteiger partial charge in [-0.2, -0.15) is 13.2 Å². The van der Waals surface area contributed by atoms with Gasteiger partial charge >= 0.3 is 6.18 Å². The molecule has 0 unspecified atom stereocenters. The van der Waals surface area contributed by atoms with Gasteiger partial charge in [-0.05, 0) is 43.0 Å². The zero-order valence-electron chi connectivity index (χ0n) is 14.1. The zero-order chi connectivity index (χ0) is 19.4. The Labute approximate surface area is 150 Å². The van der Waals surface area contributed by atoms with Crippen LogP contribution in [-0.4, -0.2) is 26.7 Å². The van der Waals surface area contributed by atoms with E-state index in [0.29, 0.717) is 0 Å². The van der Waals surface area contributed by atoms with Gasteiger partial charge in [0.05, 0.1) is 10.5 Å². The van der Waals surface area contributed by atoms with E-state index in [0.717, 1.165) is 11.6 Å². The fraction of sp³-hybridized carbons (Fsp3) is 0.333. The van der Waals surface area contributed by atoms with Gasteiger partial charge in [0.25, 0.3) is 0 Å². The molecule has 2 N–H and O–H groups in total. The summed E-state index contributed by atoms with van der Waals surface area (Å²) in [7, 11) is -3.80. The number of alkyl halides is 3. The van der Waals surface area contributed by atoms with Crippen LogP contribution in [0.1, 0.15) is 16.7 Å². The number of benzene rings is 2. The first kappa shape index (κ1) is 20.4. The number of rotatable bonds is 7. The molecule has 2 aromatic carbocycles. The van der Waals surface area contributed by atoms with Gasteiger partial charge in [-0.1, -0.05) is 35.9 Å². The second kappa shape index (κ2) is 8.20. The summed E-state index contributed by atoms with van der Waals surface area (Å²) in [6, 6.07) is 11.3. The van der Waals surface area contributed by atoms with Crippen LogP contribution >= 0.6 is 0 Å². The van der Waals surface area contributed by atoms with Crippen molar-refractivity contribution in [3.05, 3.63) is 65.2 Å². The van der Waals surface area contributed by atoms with Crippen molar-refractivity contribution in [2.75, 3.05) is 13.2 Å². The van der Waals surface area contributed by atoms with Crippen LogP contribution in [0.15, 0.2) is 53.4 Å². The predicted molar refractivity (Wildman–Crippen MR) is 92.1 cm³/mol. The molecule has 0 aromatic heterocycles. The number of hydrogen-bond acceptors (Lipinski definition) is 3. The van der Waals surface area contributed by atoms with E-state index in [2.05, 4.69) is 4.72 Å². The second-order valence-electron chi connectivity index (χ2n) is 6.07. The molecule has 4 nitrogen and oxygen atoms in total. The van der Waals surface area contributed by atoms with Crippen LogP contribution in [0, 0.1) is 12.8 Å². The van der Waals surface area contributed by atoms with E-state index in [1.54, 1.807) is 12.1 Å². The van der Waals surface area contributed by atoms with Crippen molar-refractivity contribution in [2.45, 2.75) is 24.4 Å². The molecule has 2 aromatic rings. The maximum atomic E-state index is 13.1. The van der Waals surface area contributed by atoms with Gasteiger partial charge in [-0.15, -0.1) is 0 Å². The molecule has 0 aliphatic carbocycles. The van der Waals surface area contributed by atoms with E-state index >= 15 is 0 Å². The normalized spacial score (nSPS) is 13.6. The van der Waals surface area contributed by atoms with Crippen LogP contribution in [0.5, 0.6) is 0 Å². The summed E-state index contributed by atoms with van der Waals surface area (Å²) >= 11 is 0. The Kier molecular flexibility index (Phi) is 6.44. The molecule has 0 heterocycles. The molecule has 26 heavy (non-hydrogen) atoms. The molecule has 0 saturated heterocycles. The molecule has 0 radical (unpaired) electrons. The van der Waals surface area contributed by atoms with E-state index in [1.165, 1.54) is 30.3 Å². The van der Waals surface area contributed by atoms with Crippen molar-refractivity contribution in [3.8, 4) is 0 Å². The molecular formula is C18H20F3NO3S. The molecule has 0 amide bonds. The molecule has 1 atom stereocenters. The third kappa shape index (κ3) is 5.30. The lowest BCUT2D eigenvalue weighted by molar-refractivity contribution is -0.138. The van der Waals surface area contributed by atoms with E-state index in [4.69, 9.17) is 0 Å². The summed E-state index contributed by atoms with van der Waals surface area (Å²) in [5, 5.41) is 9.47. The lowest BCUT2D eigenvalue weighted by Crippen LogP contribution is -2.32. The zero-order valence-corrected chi connectivity index (χ0v) is 14.9. The maximum Gasteiger partial charge on any atom is 0.416 e. The SMILES string of the molecule is Cc1ccc(S(=O)(=O)NC[C@H](CO)Cc2ccccc2C(F)(F)F)cc1. The Morgan fingerprint density at radius 2 is 1.69 bits per heavy atom. The average Bonchev–Trinajstić information content (AvgIpc) is 2.58. The van der Waals surface area contributed by atoms with Crippen LogP contribution < -0.4 is 4.72 Å². The van der Waals surface area contributed by atoms with Gasteiger partial charge in [0.2, 0.25) is 10.0 Å². The number of aliphatic hydroxyl groups is 1. The summed E-state index contributed by atoms with van der Waals surface area (Å²) in [5.74, 6) is -0.682.